The molecule has 1 aromatic rings. The van der Waals surface area contributed by atoms with Gasteiger partial charge in [-0.3, -0.25) is 4.79 Å². The molecule has 0 saturated carbocycles. The molecule has 16 heavy (non-hydrogen) atoms. The fourth-order valence-electron chi connectivity index (χ4n) is 2.09. The molecule has 1 unspecified atom stereocenters. The first-order chi connectivity index (χ1) is 7.83. The summed E-state index contributed by atoms with van der Waals surface area (Å²) in [5.74, 6) is 1.15. The predicted molar refractivity (Wildman–Crippen MR) is 61.0 cm³/mol. The summed E-state index contributed by atoms with van der Waals surface area (Å²) in [6.45, 7) is 4.57. The minimum atomic E-state index is 0.281. The molecule has 0 amide bonds. The minimum Gasteiger partial charge on any atom is -0.438 e. The first-order valence-corrected chi connectivity index (χ1v) is 5.75. The van der Waals surface area contributed by atoms with Crippen LogP contribution in [0.4, 0.5) is 5.88 Å². The van der Waals surface area contributed by atoms with Gasteiger partial charge in [0.1, 0.15) is 0 Å². The highest BCUT2D eigenvalue weighted by Crippen LogP contribution is 2.23. The molecule has 88 valence electrons. The van der Waals surface area contributed by atoms with Crippen molar-refractivity contribution in [3.63, 3.8) is 0 Å². The van der Waals surface area contributed by atoms with Crippen molar-refractivity contribution in [1.82, 2.24) is 0 Å². The van der Waals surface area contributed by atoms with Crippen LogP contribution in [-0.2, 0) is 4.74 Å². The predicted octanol–water partition coefficient (Wildman–Crippen LogP) is 2.10. The van der Waals surface area contributed by atoms with Gasteiger partial charge in [-0.05, 0) is 25.8 Å². The van der Waals surface area contributed by atoms with Crippen molar-refractivity contribution in [2.45, 2.75) is 25.9 Å². The monoisotopic (exact) mass is 223 g/mol. The maximum absolute atomic E-state index is 10.5. The summed E-state index contributed by atoms with van der Waals surface area (Å²) in [6.07, 6.45) is 3.21. The highest BCUT2D eigenvalue weighted by atomic mass is 16.5. The Morgan fingerprint density at radius 2 is 2.50 bits per heavy atom. The highest BCUT2D eigenvalue weighted by molar-refractivity contribution is 5.71. The molecule has 2 rings (SSSR count). The van der Waals surface area contributed by atoms with E-state index in [0.717, 1.165) is 44.7 Å². The van der Waals surface area contributed by atoms with E-state index in [1.165, 1.54) is 0 Å². The Morgan fingerprint density at radius 1 is 1.62 bits per heavy atom. The van der Waals surface area contributed by atoms with Gasteiger partial charge in [-0.1, -0.05) is 0 Å². The van der Waals surface area contributed by atoms with Crippen LogP contribution in [0.2, 0.25) is 0 Å². The summed E-state index contributed by atoms with van der Waals surface area (Å²) in [4.78, 5) is 12.7. The van der Waals surface area contributed by atoms with Gasteiger partial charge in [0.05, 0.1) is 6.10 Å². The lowest BCUT2D eigenvalue weighted by molar-refractivity contribution is 0.0518. The molecule has 1 aliphatic heterocycles. The van der Waals surface area contributed by atoms with Crippen LogP contribution in [0.5, 0.6) is 0 Å². The van der Waals surface area contributed by atoms with Gasteiger partial charge in [-0.25, -0.2) is 0 Å². The molecular weight excluding hydrogens is 206 g/mol. The normalized spacial score (nSPS) is 21.1. The van der Waals surface area contributed by atoms with Crippen LogP contribution in [0, 0.1) is 0 Å². The van der Waals surface area contributed by atoms with Crippen LogP contribution in [0.25, 0.3) is 0 Å². The first-order valence-electron chi connectivity index (χ1n) is 5.75. The number of anilines is 1. The second-order valence-corrected chi connectivity index (χ2v) is 3.96. The molecule has 1 aromatic heterocycles. The van der Waals surface area contributed by atoms with Crippen molar-refractivity contribution in [3.05, 3.63) is 17.9 Å². The first kappa shape index (κ1) is 11.2. The topological polar surface area (TPSA) is 42.7 Å². The molecule has 0 bridgehead atoms. The van der Waals surface area contributed by atoms with E-state index in [4.69, 9.17) is 9.15 Å². The van der Waals surface area contributed by atoms with Gasteiger partial charge < -0.3 is 14.1 Å². The van der Waals surface area contributed by atoms with Crippen molar-refractivity contribution in [1.29, 1.82) is 0 Å². The number of carbonyl (C=O) groups is 1. The second-order valence-electron chi connectivity index (χ2n) is 3.96. The third-order valence-electron chi connectivity index (χ3n) is 2.82. The summed E-state index contributed by atoms with van der Waals surface area (Å²) < 4.78 is 11.0. The fraction of sp³-hybridized carbons (Fsp3) is 0.583. The Labute approximate surface area is 95.2 Å². The summed E-state index contributed by atoms with van der Waals surface area (Å²) in [5.41, 5.74) is 0. The van der Waals surface area contributed by atoms with E-state index in [0.29, 0.717) is 5.76 Å². The standard InChI is InChI=1S/C12H17NO3/c1-2-15-10-4-3-7-13(8-10)12-6-5-11(9-14)16-12/h5-6,9-10H,2-4,7-8H2,1H3. The molecule has 4 heteroatoms. The maximum Gasteiger partial charge on any atom is 0.196 e. The van der Waals surface area contributed by atoms with Crippen molar-refractivity contribution < 1.29 is 13.9 Å². The lowest BCUT2D eigenvalue weighted by Gasteiger charge is -2.32. The number of carbonyl (C=O) groups excluding carboxylic acids is 1. The molecule has 0 aromatic carbocycles. The number of aldehydes is 1. The smallest absolute Gasteiger partial charge is 0.196 e. The molecular formula is C12H17NO3. The summed E-state index contributed by atoms with van der Waals surface area (Å²) in [7, 11) is 0. The number of nitrogens with zero attached hydrogens (tertiary/aromatic N) is 1. The van der Waals surface area contributed by atoms with Gasteiger partial charge in [0.2, 0.25) is 0 Å². The Hall–Kier alpha value is -1.29. The molecule has 1 atom stereocenters. The van der Waals surface area contributed by atoms with E-state index < -0.39 is 0 Å². The van der Waals surface area contributed by atoms with Crippen molar-refractivity contribution in [2.24, 2.45) is 0 Å². The molecule has 1 fully saturated rings. The molecule has 0 spiro atoms. The molecule has 1 aliphatic rings. The Kier molecular flexibility index (Phi) is 3.62. The zero-order valence-electron chi connectivity index (χ0n) is 9.52. The van der Waals surface area contributed by atoms with E-state index in [-0.39, 0.29) is 6.10 Å². The van der Waals surface area contributed by atoms with Crippen LogP contribution < -0.4 is 4.90 Å². The highest BCUT2D eigenvalue weighted by Gasteiger charge is 2.22. The number of ether oxygens (including phenoxy) is 1. The molecule has 0 N–H and O–H groups in total. The zero-order chi connectivity index (χ0) is 11.4. The molecule has 4 nitrogen and oxygen atoms in total. The van der Waals surface area contributed by atoms with Crippen molar-refractivity contribution in [2.75, 3.05) is 24.6 Å². The molecule has 0 aliphatic carbocycles. The SMILES string of the molecule is CCOC1CCCN(c2ccc(C=O)o2)C1. The van der Waals surface area contributed by atoms with E-state index in [1.807, 2.05) is 13.0 Å². The van der Waals surface area contributed by atoms with Crippen LogP contribution >= 0.6 is 0 Å². The van der Waals surface area contributed by atoms with Crippen LogP contribution in [-0.4, -0.2) is 32.1 Å². The number of hydrogen-bond donors (Lipinski definition) is 0. The zero-order valence-corrected chi connectivity index (χ0v) is 9.52. The summed E-state index contributed by atoms with van der Waals surface area (Å²) >= 11 is 0. The minimum absolute atomic E-state index is 0.281. The average molecular weight is 223 g/mol. The van der Waals surface area contributed by atoms with Gasteiger partial charge in [-0.2, -0.15) is 0 Å². The summed E-state index contributed by atoms with van der Waals surface area (Å²) in [5, 5.41) is 0. The van der Waals surface area contributed by atoms with Gasteiger partial charge >= 0.3 is 0 Å². The average Bonchev–Trinajstić information content (AvgIpc) is 2.78. The van der Waals surface area contributed by atoms with Gasteiger partial charge in [0, 0.05) is 25.8 Å². The summed E-state index contributed by atoms with van der Waals surface area (Å²) in [6, 6.07) is 3.55. The molecule has 0 radical (unpaired) electrons. The van der Waals surface area contributed by atoms with Crippen LogP contribution in [0.3, 0.4) is 0 Å². The Morgan fingerprint density at radius 3 is 3.19 bits per heavy atom. The molecule has 2 heterocycles. The van der Waals surface area contributed by atoms with Crippen LogP contribution in [0.15, 0.2) is 16.5 Å². The van der Waals surface area contributed by atoms with E-state index in [1.54, 1.807) is 6.07 Å². The number of piperidine rings is 1. The van der Waals surface area contributed by atoms with E-state index >= 15 is 0 Å². The largest absolute Gasteiger partial charge is 0.438 e. The van der Waals surface area contributed by atoms with Crippen molar-refractivity contribution >= 4 is 12.2 Å². The maximum atomic E-state index is 10.5. The lowest BCUT2D eigenvalue weighted by Crippen LogP contribution is -2.39. The number of furan rings is 1. The van der Waals surface area contributed by atoms with E-state index in [9.17, 15) is 4.79 Å². The third-order valence-corrected chi connectivity index (χ3v) is 2.82. The Balaban J connectivity index is 2.00. The van der Waals surface area contributed by atoms with Gasteiger partial charge in [-0.15, -0.1) is 0 Å². The third kappa shape index (κ3) is 2.44. The fourth-order valence-corrected chi connectivity index (χ4v) is 2.09. The van der Waals surface area contributed by atoms with Crippen molar-refractivity contribution in [3.8, 4) is 0 Å². The quantitative estimate of drug-likeness (QED) is 0.733. The Bertz CT molecular complexity index is 346. The van der Waals surface area contributed by atoms with E-state index in [2.05, 4.69) is 4.90 Å². The lowest BCUT2D eigenvalue weighted by atomic mass is 10.1. The van der Waals surface area contributed by atoms with Gasteiger partial charge in [0.15, 0.2) is 17.9 Å². The number of rotatable bonds is 4. The second kappa shape index (κ2) is 5.16. The van der Waals surface area contributed by atoms with Gasteiger partial charge in [0.25, 0.3) is 0 Å². The number of hydrogen-bond acceptors (Lipinski definition) is 4. The molecule has 1 saturated heterocycles. The van der Waals surface area contributed by atoms with Crippen LogP contribution in [0.1, 0.15) is 30.3 Å².